The number of carbonyl (C=O) groups excluding carboxylic acids is 1. The average molecular weight is 454 g/mol. The molecule has 1 aliphatic heterocycles. The third-order valence-corrected chi connectivity index (χ3v) is 5.36. The lowest BCUT2D eigenvalue weighted by atomic mass is 10.2. The van der Waals surface area contributed by atoms with Crippen molar-refractivity contribution in [3.63, 3.8) is 0 Å². The van der Waals surface area contributed by atoms with E-state index in [4.69, 9.17) is 16.3 Å². The summed E-state index contributed by atoms with van der Waals surface area (Å²) >= 11 is 10.5. The van der Waals surface area contributed by atoms with Crippen LogP contribution in [0.15, 0.2) is 44.7 Å². The highest BCUT2D eigenvalue weighted by molar-refractivity contribution is 9.10. The van der Waals surface area contributed by atoms with Crippen molar-refractivity contribution in [2.75, 3.05) is 7.11 Å². The second kappa shape index (κ2) is 7.73. The molecule has 0 aliphatic carbocycles. The van der Waals surface area contributed by atoms with E-state index in [0.29, 0.717) is 36.6 Å². The summed E-state index contributed by atoms with van der Waals surface area (Å²) in [6.07, 6.45) is 1.71. The van der Waals surface area contributed by atoms with Gasteiger partial charge in [0.1, 0.15) is 0 Å². The van der Waals surface area contributed by atoms with E-state index >= 15 is 0 Å². The Labute approximate surface area is 168 Å². The van der Waals surface area contributed by atoms with Gasteiger partial charge in [0, 0.05) is 5.02 Å². The Morgan fingerprint density at radius 2 is 2.12 bits per heavy atom. The standard InChI is InChI=1S/C18H14BrClN2O3S/c1-9-3-4-11(20)8-13(9)21-18-22-17(24)15(26-18)7-10-5-12(19)16(23)14(6-10)25-2/h3-8,23H,1-2H3,(H,21,22,24)/b15-7-. The normalized spacial score (nSPS) is 17.0. The van der Waals surface area contributed by atoms with Crippen LogP contribution in [0.1, 0.15) is 11.1 Å². The zero-order valence-electron chi connectivity index (χ0n) is 13.8. The molecule has 2 N–H and O–H groups in total. The van der Waals surface area contributed by atoms with Gasteiger partial charge in [0.15, 0.2) is 16.7 Å². The van der Waals surface area contributed by atoms with E-state index < -0.39 is 0 Å². The number of aliphatic imine (C=N–C) groups is 1. The first-order valence-corrected chi connectivity index (χ1v) is 9.48. The van der Waals surface area contributed by atoms with Gasteiger partial charge in [0.2, 0.25) is 0 Å². The van der Waals surface area contributed by atoms with Crippen molar-refractivity contribution in [2.45, 2.75) is 6.92 Å². The lowest BCUT2D eigenvalue weighted by Gasteiger charge is -2.06. The molecule has 1 amide bonds. The van der Waals surface area contributed by atoms with Gasteiger partial charge in [-0.25, -0.2) is 4.99 Å². The van der Waals surface area contributed by atoms with Gasteiger partial charge in [-0.3, -0.25) is 4.79 Å². The zero-order chi connectivity index (χ0) is 18.8. The predicted octanol–water partition coefficient (Wildman–Crippen LogP) is 5.02. The van der Waals surface area contributed by atoms with Crippen molar-refractivity contribution in [3.05, 3.63) is 55.9 Å². The molecule has 0 spiro atoms. The highest BCUT2D eigenvalue weighted by atomic mass is 79.9. The zero-order valence-corrected chi connectivity index (χ0v) is 17.0. The number of methoxy groups -OCH3 is 1. The first-order valence-electron chi connectivity index (χ1n) is 7.49. The number of ether oxygens (including phenoxy) is 1. The summed E-state index contributed by atoms with van der Waals surface area (Å²) in [5.74, 6) is 0.0894. The van der Waals surface area contributed by atoms with Crippen LogP contribution in [0.3, 0.4) is 0 Å². The van der Waals surface area contributed by atoms with E-state index in [0.717, 1.165) is 5.56 Å². The number of halogens is 2. The summed E-state index contributed by atoms with van der Waals surface area (Å²) in [6, 6.07) is 8.77. The molecule has 2 aromatic carbocycles. The van der Waals surface area contributed by atoms with Crippen molar-refractivity contribution in [1.29, 1.82) is 0 Å². The molecule has 1 aliphatic rings. The summed E-state index contributed by atoms with van der Waals surface area (Å²) in [5, 5.41) is 13.7. The molecule has 5 nitrogen and oxygen atoms in total. The number of aromatic hydroxyl groups is 1. The number of nitrogens with one attached hydrogen (secondary N) is 1. The number of hydrogen-bond acceptors (Lipinski definition) is 5. The molecule has 3 rings (SSSR count). The summed E-state index contributed by atoms with van der Waals surface area (Å²) in [6.45, 7) is 1.92. The van der Waals surface area contributed by atoms with Crippen LogP contribution in [-0.2, 0) is 4.79 Å². The van der Waals surface area contributed by atoms with Crippen molar-refractivity contribution < 1.29 is 14.6 Å². The van der Waals surface area contributed by atoms with Gasteiger partial charge in [-0.1, -0.05) is 17.7 Å². The Balaban J connectivity index is 1.91. The fourth-order valence-electron chi connectivity index (χ4n) is 2.28. The lowest BCUT2D eigenvalue weighted by molar-refractivity contribution is -0.115. The van der Waals surface area contributed by atoms with E-state index in [1.807, 2.05) is 13.0 Å². The number of hydrogen-bond donors (Lipinski definition) is 2. The average Bonchev–Trinajstić information content (AvgIpc) is 2.93. The van der Waals surface area contributed by atoms with Gasteiger partial charge >= 0.3 is 0 Å². The molecule has 1 fully saturated rings. The molecule has 0 aromatic heterocycles. The van der Waals surface area contributed by atoms with Crippen molar-refractivity contribution >= 4 is 62.1 Å². The number of phenolic OH excluding ortho intramolecular Hbond substituents is 1. The summed E-state index contributed by atoms with van der Waals surface area (Å²) in [4.78, 5) is 17.2. The highest BCUT2D eigenvalue weighted by Crippen LogP contribution is 2.37. The van der Waals surface area contributed by atoms with Gasteiger partial charge in [0.25, 0.3) is 5.91 Å². The minimum absolute atomic E-state index is 0.0110. The number of rotatable bonds is 3. The fourth-order valence-corrected chi connectivity index (χ4v) is 3.74. The van der Waals surface area contributed by atoms with Crippen LogP contribution in [0, 0.1) is 6.92 Å². The number of carbonyl (C=O) groups is 1. The van der Waals surface area contributed by atoms with Crippen LogP contribution >= 0.6 is 39.3 Å². The monoisotopic (exact) mass is 452 g/mol. The molecule has 0 unspecified atom stereocenters. The quantitative estimate of drug-likeness (QED) is 0.640. The second-order valence-electron chi connectivity index (χ2n) is 5.47. The number of amides is 1. The molecule has 8 heteroatoms. The van der Waals surface area contributed by atoms with Gasteiger partial charge in [0.05, 0.1) is 22.2 Å². The van der Waals surface area contributed by atoms with Gasteiger partial charge in [-0.15, -0.1) is 0 Å². The molecular formula is C18H14BrClN2O3S. The van der Waals surface area contributed by atoms with Crippen LogP contribution in [-0.4, -0.2) is 23.3 Å². The maximum Gasteiger partial charge on any atom is 0.264 e. The molecule has 1 saturated heterocycles. The number of aryl methyl sites for hydroxylation is 1. The number of nitrogens with zero attached hydrogens (tertiary/aromatic N) is 1. The smallest absolute Gasteiger partial charge is 0.264 e. The maximum atomic E-state index is 12.2. The lowest BCUT2D eigenvalue weighted by Crippen LogP contribution is -2.19. The summed E-state index contributed by atoms with van der Waals surface area (Å²) in [7, 11) is 1.47. The Kier molecular flexibility index (Phi) is 5.60. The van der Waals surface area contributed by atoms with Crippen LogP contribution < -0.4 is 10.1 Å². The van der Waals surface area contributed by atoms with E-state index in [9.17, 15) is 9.90 Å². The second-order valence-corrected chi connectivity index (χ2v) is 7.79. The molecular weight excluding hydrogens is 440 g/mol. The topological polar surface area (TPSA) is 70.9 Å². The summed E-state index contributed by atoms with van der Waals surface area (Å²) < 4.78 is 5.61. The first kappa shape index (κ1) is 18.8. The Morgan fingerprint density at radius 1 is 1.35 bits per heavy atom. The van der Waals surface area contributed by atoms with Crippen LogP contribution in [0.25, 0.3) is 6.08 Å². The van der Waals surface area contributed by atoms with E-state index in [1.54, 1.807) is 30.3 Å². The Morgan fingerprint density at radius 3 is 2.85 bits per heavy atom. The van der Waals surface area contributed by atoms with Gasteiger partial charge in [-0.2, -0.15) is 0 Å². The van der Waals surface area contributed by atoms with Gasteiger partial charge in [-0.05, 0) is 76.1 Å². The third-order valence-electron chi connectivity index (χ3n) is 3.61. The van der Waals surface area contributed by atoms with Crippen molar-refractivity contribution in [2.24, 2.45) is 4.99 Å². The molecule has 2 aromatic rings. The number of benzene rings is 2. The highest BCUT2D eigenvalue weighted by Gasteiger charge is 2.24. The Hall–Kier alpha value is -1.96. The SMILES string of the molecule is COc1cc(/C=C2\SC(=Nc3cc(Cl)ccc3C)NC2=O)cc(Br)c1O. The number of phenols is 1. The molecule has 0 atom stereocenters. The van der Waals surface area contributed by atoms with E-state index in [1.165, 1.54) is 18.9 Å². The fraction of sp³-hybridized carbons (Fsp3) is 0.111. The van der Waals surface area contributed by atoms with Crippen LogP contribution in [0.4, 0.5) is 5.69 Å². The predicted molar refractivity (Wildman–Crippen MR) is 109 cm³/mol. The third kappa shape index (κ3) is 4.06. The van der Waals surface area contributed by atoms with E-state index in [-0.39, 0.29) is 11.7 Å². The largest absolute Gasteiger partial charge is 0.503 e. The number of amidine groups is 1. The Bertz CT molecular complexity index is 960. The number of thioether (sulfide) groups is 1. The molecule has 0 radical (unpaired) electrons. The minimum Gasteiger partial charge on any atom is -0.503 e. The van der Waals surface area contributed by atoms with Gasteiger partial charge < -0.3 is 15.2 Å². The first-order chi connectivity index (χ1) is 12.4. The molecule has 0 saturated carbocycles. The van der Waals surface area contributed by atoms with Crippen molar-refractivity contribution in [3.8, 4) is 11.5 Å². The van der Waals surface area contributed by atoms with Crippen molar-refractivity contribution in [1.82, 2.24) is 5.32 Å². The maximum absolute atomic E-state index is 12.2. The summed E-state index contributed by atoms with van der Waals surface area (Å²) in [5.41, 5.74) is 2.38. The molecule has 26 heavy (non-hydrogen) atoms. The molecule has 1 heterocycles. The van der Waals surface area contributed by atoms with Crippen LogP contribution in [0.5, 0.6) is 11.5 Å². The molecule has 134 valence electrons. The molecule has 0 bridgehead atoms. The van der Waals surface area contributed by atoms with E-state index in [2.05, 4.69) is 26.2 Å². The minimum atomic E-state index is -0.239. The van der Waals surface area contributed by atoms with Crippen LogP contribution in [0.2, 0.25) is 5.02 Å².